The van der Waals surface area contributed by atoms with Gasteiger partial charge in [0, 0.05) is 11.4 Å². The summed E-state index contributed by atoms with van der Waals surface area (Å²) in [6, 6.07) is 10.4. The van der Waals surface area contributed by atoms with E-state index in [0.29, 0.717) is 5.92 Å². The van der Waals surface area contributed by atoms with Gasteiger partial charge in [-0.15, -0.1) is 0 Å². The van der Waals surface area contributed by atoms with Crippen molar-refractivity contribution in [3.05, 3.63) is 47.4 Å². The Balaban J connectivity index is 1.75. The van der Waals surface area contributed by atoms with Gasteiger partial charge in [-0.3, -0.25) is 0 Å². The smallest absolute Gasteiger partial charge is 0.173 e. The van der Waals surface area contributed by atoms with Crippen molar-refractivity contribution in [2.24, 2.45) is 0 Å². The van der Waals surface area contributed by atoms with Crippen LogP contribution in [0.5, 0.6) is 0 Å². The lowest BCUT2D eigenvalue weighted by molar-refractivity contribution is 0.561. The number of nitrogens with one attached hydrogen (secondary N) is 1. The molecule has 0 bridgehead atoms. The first-order valence-corrected chi connectivity index (χ1v) is 7.98. The maximum Gasteiger partial charge on any atom is 0.173 e. The molecule has 1 aliphatic heterocycles. The molecule has 18 heavy (non-hydrogen) atoms. The van der Waals surface area contributed by atoms with E-state index in [9.17, 15) is 8.42 Å². The highest BCUT2D eigenvalue weighted by atomic mass is 32.2. The molecule has 1 aromatic rings. The van der Waals surface area contributed by atoms with Crippen LogP contribution in [0.4, 0.5) is 0 Å². The molecule has 4 heteroatoms. The van der Waals surface area contributed by atoms with Gasteiger partial charge in [0.15, 0.2) is 9.84 Å². The Morgan fingerprint density at radius 1 is 1.33 bits per heavy atom. The maximum atomic E-state index is 11.2. The van der Waals surface area contributed by atoms with Crippen molar-refractivity contribution in [2.75, 3.05) is 12.3 Å². The fourth-order valence-electron chi connectivity index (χ4n) is 2.14. The number of hydrogen-bond acceptors (Lipinski definition) is 3. The second-order valence-corrected chi connectivity index (χ2v) is 6.75. The largest absolute Gasteiger partial charge is 0.310 e. The van der Waals surface area contributed by atoms with Gasteiger partial charge < -0.3 is 5.32 Å². The first-order chi connectivity index (χ1) is 8.57. The molecule has 0 aliphatic carbocycles. The van der Waals surface area contributed by atoms with E-state index in [2.05, 4.69) is 24.4 Å². The molecule has 0 fully saturated rings. The van der Waals surface area contributed by atoms with E-state index in [-0.39, 0.29) is 11.8 Å². The van der Waals surface area contributed by atoms with Gasteiger partial charge in [0.1, 0.15) is 0 Å². The second-order valence-electron chi connectivity index (χ2n) is 4.82. The molecule has 1 aromatic carbocycles. The Hall–Kier alpha value is -1.13. The molecule has 2 rings (SSSR count). The highest BCUT2D eigenvalue weighted by Crippen LogP contribution is 2.18. The lowest BCUT2D eigenvalue weighted by Crippen LogP contribution is -2.31. The summed E-state index contributed by atoms with van der Waals surface area (Å²) < 4.78 is 22.5. The summed E-state index contributed by atoms with van der Waals surface area (Å²) in [6.07, 6.45) is 2.75. The Morgan fingerprint density at radius 3 is 2.67 bits per heavy atom. The first-order valence-electron chi connectivity index (χ1n) is 6.26. The summed E-state index contributed by atoms with van der Waals surface area (Å²) in [7, 11) is -2.94. The summed E-state index contributed by atoms with van der Waals surface area (Å²) in [5, 5.41) is 4.58. The topological polar surface area (TPSA) is 46.2 Å². The molecule has 0 aromatic heterocycles. The van der Waals surface area contributed by atoms with Crippen LogP contribution >= 0.6 is 0 Å². The highest BCUT2D eigenvalue weighted by Gasteiger charge is 2.20. The number of sulfone groups is 1. The van der Waals surface area contributed by atoms with Crippen LogP contribution in [0.25, 0.3) is 0 Å². The van der Waals surface area contributed by atoms with Gasteiger partial charge in [-0.1, -0.05) is 43.3 Å². The van der Waals surface area contributed by atoms with E-state index in [4.69, 9.17) is 0 Å². The lowest BCUT2D eigenvalue weighted by atomic mass is 9.98. The van der Waals surface area contributed by atoms with E-state index in [1.54, 1.807) is 6.08 Å². The summed E-state index contributed by atoms with van der Waals surface area (Å²) in [5.74, 6) is 0.688. The standard InChI is InChI=1S/C14H19NO2S/c1-12(13-5-3-2-4-6-13)7-9-15-14-8-10-18(16,17)11-14/h2-6,8,10,12,14-15H,7,9,11H2,1H3. The fraction of sp³-hybridized carbons (Fsp3) is 0.429. The molecule has 2 atom stereocenters. The van der Waals surface area contributed by atoms with Crippen molar-refractivity contribution in [3.63, 3.8) is 0 Å². The molecule has 1 aliphatic rings. The summed E-state index contributed by atoms with van der Waals surface area (Å²) in [4.78, 5) is 0. The first kappa shape index (κ1) is 13.3. The predicted octanol–water partition coefficient (Wildman–Crippen LogP) is 2.08. The summed E-state index contributed by atoms with van der Waals surface area (Å²) in [5.41, 5.74) is 1.33. The molecule has 0 saturated carbocycles. The number of benzene rings is 1. The SMILES string of the molecule is CC(CCNC1C=CS(=O)(=O)C1)c1ccccc1. The van der Waals surface area contributed by atoms with Gasteiger partial charge >= 0.3 is 0 Å². The van der Waals surface area contributed by atoms with Crippen molar-refractivity contribution < 1.29 is 8.42 Å². The van der Waals surface area contributed by atoms with Crippen molar-refractivity contribution in [1.82, 2.24) is 5.32 Å². The Morgan fingerprint density at radius 2 is 2.06 bits per heavy atom. The molecule has 3 nitrogen and oxygen atoms in total. The minimum atomic E-state index is -2.94. The molecule has 1 N–H and O–H groups in total. The molecular formula is C14H19NO2S. The minimum Gasteiger partial charge on any atom is -0.310 e. The zero-order valence-corrected chi connectivity index (χ0v) is 11.4. The molecule has 0 amide bonds. The monoisotopic (exact) mass is 265 g/mol. The van der Waals surface area contributed by atoms with Gasteiger partial charge in [-0.05, 0) is 24.4 Å². The van der Waals surface area contributed by atoms with E-state index in [1.165, 1.54) is 11.0 Å². The fourth-order valence-corrected chi connectivity index (χ4v) is 3.41. The van der Waals surface area contributed by atoms with E-state index in [1.807, 2.05) is 18.2 Å². The van der Waals surface area contributed by atoms with Gasteiger partial charge in [-0.25, -0.2) is 8.42 Å². The molecule has 0 spiro atoms. The van der Waals surface area contributed by atoms with Gasteiger partial charge in [0.25, 0.3) is 0 Å². The van der Waals surface area contributed by atoms with Crippen molar-refractivity contribution in [2.45, 2.75) is 25.3 Å². The van der Waals surface area contributed by atoms with Crippen LogP contribution in [-0.4, -0.2) is 26.8 Å². The molecule has 2 unspecified atom stereocenters. The quantitative estimate of drug-likeness (QED) is 0.886. The van der Waals surface area contributed by atoms with Crippen LogP contribution in [0.2, 0.25) is 0 Å². The molecule has 98 valence electrons. The third-order valence-corrected chi connectivity index (χ3v) is 4.68. The average Bonchev–Trinajstić information content (AvgIpc) is 2.70. The molecule has 0 radical (unpaired) electrons. The minimum absolute atomic E-state index is 0.0158. The Labute approximate surface area is 109 Å². The third-order valence-electron chi connectivity index (χ3n) is 3.28. The van der Waals surface area contributed by atoms with Crippen LogP contribution < -0.4 is 5.32 Å². The van der Waals surface area contributed by atoms with Crippen LogP contribution in [0.3, 0.4) is 0 Å². The van der Waals surface area contributed by atoms with Gasteiger partial charge in [0.05, 0.1) is 5.75 Å². The highest BCUT2D eigenvalue weighted by molar-refractivity contribution is 7.94. The Bertz CT molecular complexity index is 508. The van der Waals surface area contributed by atoms with E-state index in [0.717, 1.165) is 13.0 Å². The normalized spacial score (nSPS) is 23.1. The molecular weight excluding hydrogens is 246 g/mol. The number of hydrogen-bond donors (Lipinski definition) is 1. The third kappa shape index (κ3) is 3.68. The average molecular weight is 265 g/mol. The summed E-state index contributed by atoms with van der Waals surface area (Å²) >= 11 is 0. The predicted molar refractivity (Wildman–Crippen MR) is 74.2 cm³/mol. The van der Waals surface area contributed by atoms with Crippen LogP contribution in [0.15, 0.2) is 41.8 Å². The second kappa shape index (κ2) is 5.67. The Kier molecular flexibility index (Phi) is 4.19. The van der Waals surface area contributed by atoms with E-state index < -0.39 is 9.84 Å². The van der Waals surface area contributed by atoms with Crippen molar-refractivity contribution >= 4 is 9.84 Å². The van der Waals surface area contributed by atoms with Crippen LogP contribution in [0.1, 0.15) is 24.8 Å². The van der Waals surface area contributed by atoms with Crippen molar-refractivity contribution in [1.29, 1.82) is 0 Å². The van der Waals surface area contributed by atoms with Gasteiger partial charge in [-0.2, -0.15) is 0 Å². The lowest BCUT2D eigenvalue weighted by Gasteiger charge is -2.14. The number of rotatable bonds is 5. The van der Waals surface area contributed by atoms with Crippen LogP contribution in [-0.2, 0) is 9.84 Å². The zero-order valence-electron chi connectivity index (χ0n) is 10.5. The summed E-state index contributed by atoms with van der Waals surface area (Å²) in [6.45, 7) is 3.03. The van der Waals surface area contributed by atoms with E-state index >= 15 is 0 Å². The molecule has 1 heterocycles. The zero-order chi connectivity index (χ0) is 13.0. The van der Waals surface area contributed by atoms with Gasteiger partial charge in [0.2, 0.25) is 0 Å². The van der Waals surface area contributed by atoms with Crippen LogP contribution in [0, 0.1) is 0 Å². The van der Waals surface area contributed by atoms with Crippen molar-refractivity contribution in [3.8, 4) is 0 Å². The molecule has 0 saturated heterocycles. The maximum absolute atomic E-state index is 11.2.